The zero-order chi connectivity index (χ0) is 39.2. The SMILES string of the molecule is C[Si]1(C)c2cc(-c3cccc(-c4ccc5ccccc5c4)c3)ccc2-c2cc3c(-c4ccc5c(c4)CCC=C5)c4c(c(-c5ccc6ccccc6c5)c3cc21)=CCCC=4. The second-order valence-electron chi connectivity index (χ2n) is 17.5. The lowest BCUT2D eigenvalue weighted by Gasteiger charge is -2.23. The Morgan fingerprint density at radius 1 is 0.407 bits per heavy atom. The predicted molar refractivity (Wildman–Crippen MR) is 258 cm³/mol. The van der Waals surface area contributed by atoms with Gasteiger partial charge in [0.15, 0.2) is 0 Å². The van der Waals surface area contributed by atoms with E-state index < -0.39 is 8.07 Å². The van der Waals surface area contributed by atoms with E-state index in [1.54, 1.807) is 5.19 Å². The summed E-state index contributed by atoms with van der Waals surface area (Å²) in [7, 11) is -2.12. The first-order valence-corrected chi connectivity index (χ1v) is 24.4. The van der Waals surface area contributed by atoms with Gasteiger partial charge in [0, 0.05) is 0 Å². The molecule has 3 aliphatic rings. The number of aryl methyl sites for hydroxylation is 1. The van der Waals surface area contributed by atoms with Crippen molar-refractivity contribution in [1.82, 2.24) is 0 Å². The van der Waals surface area contributed by atoms with Crippen LogP contribution in [-0.2, 0) is 6.42 Å². The van der Waals surface area contributed by atoms with E-state index in [9.17, 15) is 0 Å². The third kappa shape index (κ3) is 5.49. The summed E-state index contributed by atoms with van der Waals surface area (Å²) in [6, 6.07) is 60.4. The Morgan fingerprint density at radius 2 is 0.966 bits per heavy atom. The minimum Gasteiger partial charge on any atom is -0.0836 e. The zero-order valence-corrected chi connectivity index (χ0v) is 34.6. The number of allylic oxidation sites excluding steroid dienone is 1. The summed E-state index contributed by atoms with van der Waals surface area (Å²) in [6.07, 6.45) is 14.0. The van der Waals surface area contributed by atoms with Gasteiger partial charge in [-0.1, -0.05) is 171 Å². The Hall–Kier alpha value is -6.54. The van der Waals surface area contributed by atoms with Gasteiger partial charge in [0.05, 0.1) is 0 Å². The van der Waals surface area contributed by atoms with Crippen LogP contribution in [0.5, 0.6) is 0 Å². The second kappa shape index (κ2) is 13.2. The molecule has 280 valence electrons. The number of hydrogen-bond acceptors (Lipinski definition) is 0. The van der Waals surface area contributed by atoms with Crippen molar-refractivity contribution < 1.29 is 0 Å². The maximum atomic E-state index is 2.65. The van der Waals surface area contributed by atoms with Crippen molar-refractivity contribution in [2.75, 3.05) is 0 Å². The van der Waals surface area contributed by atoms with Crippen LogP contribution in [0, 0.1) is 0 Å². The third-order valence-corrected chi connectivity index (χ3v) is 17.2. The molecule has 0 unspecified atom stereocenters. The molecule has 0 nitrogen and oxygen atoms in total. The van der Waals surface area contributed by atoms with Crippen LogP contribution in [-0.4, -0.2) is 8.07 Å². The maximum Gasteiger partial charge on any atom is 0.113 e. The summed E-state index contributed by atoms with van der Waals surface area (Å²) >= 11 is 0. The van der Waals surface area contributed by atoms with Gasteiger partial charge in [-0.05, 0) is 170 Å². The van der Waals surface area contributed by atoms with Crippen molar-refractivity contribution in [3.05, 3.63) is 185 Å². The lowest BCUT2D eigenvalue weighted by atomic mass is 9.83. The molecule has 59 heavy (non-hydrogen) atoms. The fourth-order valence-electron chi connectivity index (χ4n) is 10.6. The molecule has 1 aliphatic heterocycles. The van der Waals surface area contributed by atoms with E-state index in [2.05, 4.69) is 195 Å². The molecule has 9 aromatic rings. The molecule has 0 aromatic heterocycles. The van der Waals surface area contributed by atoms with Crippen LogP contribution in [0.3, 0.4) is 0 Å². The molecular weight excluding hydrogens is 725 g/mol. The average molecular weight is 769 g/mol. The Kier molecular flexibility index (Phi) is 7.74. The van der Waals surface area contributed by atoms with E-state index in [0.717, 1.165) is 25.7 Å². The molecule has 1 heterocycles. The number of hydrogen-bond donors (Lipinski definition) is 0. The molecule has 0 fully saturated rings. The first-order chi connectivity index (χ1) is 29.0. The van der Waals surface area contributed by atoms with Crippen molar-refractivity contribution in [3.8, 4) is 55.6 Å². The fraction of sp³-hybridized carbons (Fsp3) is 0.103. The van der Waals surface area contributed by atoms with Gasteiger partial charge in [-0.25, -0.2) is 0 Å². The molecular formula is C58H44Si. The lowest BCUT2D eigenvalue weighted by Crippen LogP contribution is -2.49. The predicted octanol–water partition coefficient (Wildman–Crippen LogP) is 12.9. The molecule has 0 atom stereocenters. The van der Waals surface area contributed by atoms with Crippen LogP contribution < -0.4 is 20.8 Å². The number of benzene rings is 9. The highest BCUT2D eigenvalue weighted by Gasteiger charge is 2.38. The highest BCUT2D eigenvalue weighted by atomic mass is 28.3. The lowest BCUT2D eigenvalue weighted by molar-refractivity contribution is 0.986. The summed E-state index contributed by atoms with van der Waals surface area (Å²) < 4.78 is 0. The second-order valence-corrected chi connectivity index (χ2v) is 21.8. The maximum absolute atomic E-state index is 2.65. The van der Waals surface area contributed by atoms with Crippen molar-refractivity contribution in [2.45, 2.75) is 38.8 Å². The first-order valence-electron chi connectivity index (χ1n) is 21.4. The van der Waals surface area contributed by atoms with Gasteiger partial charge < -0.3 is 0 Å². The number of rotatable bonds is 4. The van der Waals surface area contributed by atoms with Crippen LogP contribution >= 0.6 is 0 Å². The Morgan fingerprint density at radius 3 is 1.69 bits per heavy atom. The Balaban J connectivity index is 1.08. The van der Waals surface area contributed by atoms with Gasteiger partial charge in [0.2, 0.25) is 0 Å². The normalized spacial score (nSPS) is 14.7. The van der Waals surface area contributed by atoms with Gasteiger partial charge in [-0.15, -0.1) is 0 Å². The first kappa shape index (κ1) is 34.5. The van der Waals surface area contributed by atoms with Crippen LogP contribution in [0.15, 0.2) is 164 Å². The molecule has 0 bridgehead atoms. The number of fused-ring (bicyclic) bond motifs is 8. The molecule has 0 saturated heterocycles. The molecule has 12 rings (SSSR count). The van der Waals surface area contributed by atoms with Crippen LogP contribution in [0.4, 0.5) is 0 Å². The summed E-state index contributed by atoms with van der Waals surface area (Å²) in [5.74, 6) is 0. The minimum absolute atomic E-state index is 1.06. The molecule has 0 spiro atoms. The van der Waals surface area contributed by atoms with Gasteiger partial charge in [0.1, 0.15) is 8.07 Å². The van der Waals surface area contributed by atoms with Gasteiger partial charge in [-0.3, -0.25) is 0 Å². The summed E-state index contributed by atoms with van der Waals surface area (Å²) in [4.78, 5) is 0. The summed E-state index contributed by atoms with van der Waals surface area (Å²) in [5.41, 5.74) is 16.2. The Labute approximate surface area is 347 Å². The van der Waals surface area contributed by atoms with Crippen molar-refractivity contribution in [2.24, 2.45) is 0 Å². The van der Waals surface area contributed by atoms with Crippen molar-refractivity contribution >= 4 is 69.0 Å². The molecule has 9 aromatic carbocycles. The Bertz CT molecular complexity index is 3410. The van der Waals surface area contributed by atoms with Gasteiger partial charge >= 0.3 is 0 Å². The van der Waals surface area contributed by atoms with Crippen molar-refractivity contribution in [1.29, 1.82) is 0 Å². The smallest absolute Gasteiger partial charge is 0.0836 e. The highest BCUT2D eigenvalue weighted by molar-refractivity contribution is 7.04. The topological polar surface area (TPSA) is 0 Å². The van der Waals surface area contributed by atoms with E-state index in [1.807, 2.05) is 0 Å². The van der Waals surface area contributed by atoms with E-state index in [0.29, 0.717) is 0 Å². The molecule has 0 N–H and O–H groups in total. The molecule has 0 radical (unpaired) electrons. The molecule has 2 aliphatic carbocycles. The standard InChI is InChI=1S/C58H44Si/c1-59(2)55-34-46(44-19-11-18-43(31-44)45-25-22-37-12-3-6-15-40(37)30-45)28-29-49(55)52-35-53-54(36-56(52)59)58(48-27-24-39-14-5-8-17-42(39)33-48)51-21-10-9-20-50(51)57(53)47-26-23-38-13-4-7-16-41(38)32-47/h3-6,8,11-15,17-36H,7,9-10,16H2,1-2H3. The summed E-state index contributed by atoms with van der Waals surface area (Å²) in [6.45, 7) is 5.15. The molecule has 1 heteroatoms. The average Bonchev–Trinajstić information content (AvgIpc) is 3.51. The van der Waals surface area contributed by atoms with E-state index in [4.69, 9.17) is 0 Å². The largest absolute Gasteiger partial charge is 0.113 e. The molecule has 0 amide bonds. The highest BCUT2D eigenvalue weighted by Crippen LogP contribution is 2.40. The quantitative estimate of drug-likeness (QED) is 0.156. The van der Waals surface area contributed by atoms with Crippen molar-refractivity contribution in [3.63, 3.8) is 0 Å². The van der Waals surface area contributed by atoms with Crippen LogP contribution in [0.2, 0.25) is 13.1 Å². The van der Waals surface area contributed by atoms with E-state index in [1.165, 1.54) is 115 Å². The third-order valence-electron chi connectivity index (χ3n) is 13.7. The van der Waals surface area contributed by atoms with Crippen LogP contribution in [0.25, 0.3) is 106 Å². The van der Waals surface area contributed by atoms with E-state index >= 15 is 0 Å². The van der Waals surface area contributed by atoms with Crippen LogP contribution in [0.1, 0.15) is 30.4 Å². The fourth-order valence-corrected chi connectivity index (χ4v) is 13.7. The molecule has 0 saturated carbocycles. The minimum atomic E-state index is -2.12. The van der Waals surface area contributed by atoms with Gasteiger partial charge in [0.25, 0.3) is 0 Å². The van der Waals surface area contributed by atoms with Gasteiger partial charge in [-0.2, -0.15) is 0 Å². The van der Waals surface area contributed by atoms with E-state index in [-0.39, 0.29) is 0 Å². The summed E-state index contributed by atoms with van der Waals surface area (Å²) in [5, 5.41) is 13.8. The monoisotopic (exact) mass is 768 g/mol. The zero-order valence-electron chi connectivity index (χ0n) is 33.6.